The Morgan fingerprint density at radius 1 is 1.07 bits per heavy atom. The van der Waals surface area contributed by atoms with E-state index in [1.54, 1.807) is 12.1 Å². The maximum atomic E-state index is 13.2. The molecule has 4 N–H and O–H groups in total. The molecule has 2 saturated heterocycles. The lowest BCUT2D eigenvalue weighted by atomic mass is 9.83. The van der Waals surface area contributed by atoms with Crippen molar-refractivity contribution in [1.29, 1.82) is 0 Å². The van der Waals surface area contributed by atoms with Gasteiger partial charge in [0.15, 0.2) is 0 Å². The summed E-state index contributed by atoms with van der Waals surface area (Å²) in [6.45, 7) is 3.05. The Morgan fingerprint density at radius 2 is 1.79 bits per heavy atom. The van der Waals surface area contributed by atoms with Crippen molar-refractivity contribution in [2.75, 3.05) is 19.8 Å². The van der Waals surface area contributed by atoms with Gasteiger partial charge in [-0.3, -0.25) is 4.79 Å². The van der Waals surface area contributed by atoms with E-state index < -0.39 is 6.04 Å². The second kappa shape index (κ2) is 8.41. The first kappa shape index (κ1) is 19.7. The van der Waals surface area contributed by atoms with Crippen LogP contribution in [0.25, 0.3) is 0 Å². The van der Waals surface area contributed by atoms with Crippen LogP contribution in [0.15, 0.2) is 48.5 Å². The average Bonchev–Trinajstić information content (AvgIpc) is 3.27. The van der Waals surface area contributed by atoms with E-state index in [9.17, 15) is 15.0 Å². The Kier molecular flexibility index (Phi) is 5.71. The van der Waals surface area contributed by atoms with Crippen LogP contribution in [0.3, 0.4) is 0 Å². The summed E-state index contributed by atoms with van der Waals surface area (Å²) < 4.78 is 5.56. The molecule has 2 aromatic carbocycles. The van der Waals surface area contributed by atoms with E-state index in [1.807, 2.05) is 48.2 Å². The normalized spacial score (nSPS) is 26.0. The van der Waals surface area contributed by atoms with Gasteiger partial charge in [-0.25, -0.2) is 10.9 Å². The van der Waals surface area contributed by atoms with Crippen LogP contribution in [0.4, 0.5) is 0 Å². The summed E-state index contributed by atoms with van der Waals surface area (Å²) in [5.41, 5.74) is 8.14. The van der Waals surface area contributed by atoms with Gasteiger partial charge in [-0.1, -0.05) is 30.3 Å². The molecule has 4 unspecified atom stereocenters. The first-order valence-corrected chi connectivity index (χ1v) is 10.1. The number of fused-ring (bicyclic) bond motifs is 1. The number of amides is 1. The third-order valence-corrected chi connectivity index (χ3v) is 5.78. The van der Waals surface area contributed by atoms with Gasteiger partial charge in [0.05, 0.1) is 18.7 Å². The molecule has 0 saturated carbocycles. The number of hydrogen-bond acceptors (Lipinski definition) is 6. The second-order valence-corrected chi connectivity index (χ2v) is 7.44. The summed E-state index contributed by atoms with van der Waals surface area (Å²) in [5.74, 6) is 0.901. The van der Waals surface area contributed by atoms with Crippen molar-refractivity contribution in [2.45, 2.75) is 31.5 Å². The molecule has 0 aliphatic carbocycles. The van der Waals surface area contributed by atoms with Crippen LogP contribution >= 0.6 is 0 Å². The summed E-state index contributed by atoms with van der Waals surface area (Å²) >= 11 is 0. The van der Waals surface area contributed by atoms with E-state index in [-0.39, 0.29) is 36.3 Å². The van der Waals surface area contributed by atoms with Crippen LogP contribution in [0.2, 0.25) is 0 Å². The highest BCUT2D eigenvalue weighted by atomic mass is 16.5. The lowest BCUT2D eigenvalue weighted by Gasteiger charge is -2.31. The van der Waals surface area contributed by atoms with Crippen molar-refractivity contribution in [2.24, 2.45) is 5.92 Å². The number of para-hydroxylation sites is 1. The number of hydrogen-bond donors (Lipinski definition) is 4. The van der Waals surface area contributed by atoms with Crippen molar-refractivity contribution in [1.82, 2.24) is 15.8 Å². The lowest BCUT2D eigenvalue weighted by Crippen LogP contribution is -2.41. The van der Waals surface area contributed by atoms with Crippen LogP contribution in [-0.2, 0) is 4.79 Å². The van der Waals surface area contributed by atoms with Crippen molar-refractivity contribution in [3.05, 3.63) is 59.7 Å². The molecular weight excluding hydrogens is 370 g/mol. The minimum Gasteiger partial charge on any atom is -0.508 e. The molecule has 7 heteroatoms. The first-order valence-electron chi connectivity index (χ1n) is 10.1. The number of carbonyl (C=O) groups is 1. The predicted octanol–water partition coefficient (Wildman–Crippen LogP) is 1.89. The quantitative estimate of drug-likeness (QED) is 0.570. The van der Waals surface area contributed by atoms with Gasteiger partial charge in [-0.15, -0.1) is 0 Å². The topological polar surface area (TPSA) is 94.1 Å². The molecule has 2 aliphatic heterocycles. The number of rotatable bonds is 7. The number of nitrogens with zero attached hydrogens (tertiary/aromatic N) is 1. The molecule has 4 atom stereocenters. The number of aromatic hydroxyl groups is 1. The van der Waals surface area contributed by atoms with Gasteiger partial charge >= 0.3 is 0 Å². The summed E-state index contributed by atoms with van der Waals surface area (Å²) in [4.78, 5) is 15.0. The molecule has 0 bridgehead atoms. The predicted molar refractivity (Wildman–Crippen MR) is 108 cm³/mol. The zero-order valence-corrected chi connectivity index (χ0v) is 16.4. The Labute approximate surface area is 170 Å². The van der Waals surface area contributed by atoms with Gasteiger partial charge in [-0.2, -0.15) is 0 Å². The fourth-order valence-electron chi connectivity index (χ4n) is 4.53. The molecule has 1 amide bonds. The number of hydrazine groups is 1. The zero-order valence-electron chi connectivity index (χ0n) is 16.4. The molecule has 0 spiro atoms. The van der Waals surface area contributed by atoms with Crippen LogP contribution in [0.1, 0.15) is 36.6 Å². The number of carbonyl (C=O) groups excluding carboxylic acids is 1. The fourth-order valence-corrected chi connectivity index (χ4v) is 4.53. The number of aliphatic hydroxyl groups excluding tert-OH is 1. The van der Waals surface area contributed by atoms with Gasteiger partial charge in [0, 0.05) is 24.6 Å². The maximum absolute atomic E-state index is 13.2. The molecule has 2 aliphatic rings. The molecule has 0 aromatic heterocycles. The Balaban J connectivity index is 1.72. The van der Waals surface area contributed by atoms with Crippen LogP contribution < -0.4 is 15.6 Å². The number of likely N-dealkylation sites (tertiary alicyclic amines) is 1. The van der Waals surface area contributed by atoms with Crippen LogP contribution in [-0.4, -0.2) is 46.8 Å². The fraction of sp³-hybridized carbons (Fsp3) is 0.409. The van der Waals surface area contributed by atoms with E-state index >= 15 is 0 Å². The highest BCUT2D eigenvalue weighted by Crippen LogP contribution is 2.48. The molecule has 0 radical (unpaired) electrons. The van der Waals surface area contributed by atoms with E-state index in [1.165, 1.54) is 0 Å². The van der Waals surface area contributed by atoms with Gasteiger partial charge < -0.3 is 19.8 Å². The Morgan fingerprint density at radius 3 is 2.48 bits per heavy atom. The summed E-state index contributed by atoms with van der Waals surface area (Å²) in [5, 5.41) is 19.7. The molecule has 29 heavy (non-hydrogen) atoms. The Hall–Kier alpha value is -2.61. The molecule has 2 heterocycles. The van der Waals surface area contributed by atoms with Crippen LogP contribution in [0, 0.1) is 5.92 Å². The van der Waals surface area contributed by atoms with Gasteiger partial charge in [0.2, 0.25) is 5.91 Å². The highest BCUT2D eigenvalue weighted by molar-refractivity contribution is 5.86. The smallest absolute Gasteiger partial charge is 0.242 e. The second-order valence-electron chi connectivity index (χ2n) is 7.44. The standard InChI is InChI=1S/C22H27N3O4/c1-2-29-15-10-8-14(9-11-15)21-18-19(16-6-3-4-7-17(16)27)23-24-20(18)22(28)25(21)12-5-13-26/h3-4,6-11,18-21,23-24,26-27H,2,5,12-13H2,1H3. The van der Waals surface area contributed by atoms with Crippen molar-refractivity contribution in [3.63, 3.8) is 0 Å². The zero-order chi connectivity index (χ0) is 20.4. The maximum Gasteiger partial charge on any atom is 0.242 e. The molecule has 2 fully saturated rings. The van der Waals surface area contributed by atoms with Crippen LogP contribution in [0.5, 0.6) is 11.5 Å². The van der Waals surface area contributed by atoms with Crippen molar-refractivity contribution < 1.29 is 19.7 Å². The number of benzene rings is 2. The SMILES string of the molecule is CCOc1ccc(C2C3C(NNC3c3ccccc3O)C(=O)N2CCCO)cc1. The van der Waals surface area contributed by atoms with E-state index in [4.69, 9.17) is 4.74 Å². The van der Waals surface area contributed by atoms with Gasteiger partial charge in [0.25, 0.3) is 0 Å². The Bertz CT molecular complexity index is 857. The first-order chi connectivity index (χ1) is 14.2. The number of phenolic OH excluding ortho intramolecular Hbond substituents is 1. The molecule has 4 rings (SSSR count). The summed E-state index contributed by atoms with van der Waals surface area (Å²) in [7, 11) is 0. The molecule has 154 valence electrons. The minimum atomic E-state index is -0.394. The van der Waals surface area contributed by atoms with Crippen molar-refractivity contribution in [3.8, 4) is 11.5 Å². The van der Waals surface area contributed by atoms with E-state index in [0.717, 1.165) is 16.9 Å². The largest absolute Gasteiger partial charge is 0.508 e. The van der Waals surface area contributed by atoms with Gasteiger partial charge in [0.1, 0.15) is 17.5 Å². The molecular formula is C22H27N3O4. The van der Waals surface area contributed by atoms with E-state index in [0.29, 0.717) is 19.6 Å². The molecule has 7 nitrogen and oxygen atoms in total. The summed E-state index contributed by atoms with van der Waals surface area (Å²) in [6.07, 6.45) is 0.521. The monoisotopic (exact) mass is 397 g/mol. The third-order valence-electron chi connectivity index (χ3n) is 5.78. The molecule has 2 aromatic rings. The van der Waals surface area contributed by atoms with E-state index in [2.05, 4.69) is 10.9 Å². The lowest BCUT2D eigenvalue weighted by molar-refractivity contribution is -0.130. The average molecular weight is 397 g/mol. The number of phenols is 1. The summed E-state index contributed by atoms with van der Waals surface area (Å²) in [6, 6.07) is 14.3. The van der Waals surface area contributed by atoms with Gasteiger partial charge in [-0.05, 0) is 37.1 Å². The number of aliphatic hydroxyl groups is 1. The van der Waals surface area contributed by atoms with Crippen molar-refractivity contribution >= 4 is 5.91 Å². The highest BCUT2D eigenvalue weighted by Gasteiger charge is 2.55. The number of ether oxygens (including phenoxy) is 1. The minimum absolute atomic E-state index is 0.00718. The third kappa shape index (κ3) is 3.57. The number of nitrogens with one attached hydrogen (secondary N) is 2.